The smallest absolute Gasteiger partial charge is 0.264 e. The molecule has 1 aromatic heterocycles. The van der Waals surface area contributed by atoms with Gasteiger partial charge in [-0.15, -0.1) is 0 Å². The van der Waals surface area contributed by atoms with Gasteiger partial charge in [-0.2, -0.15) is 10.2 Å². The Hall–Kier alpha value is -3.95. The van der Waals surface area contributed by atoms with Gasteiger partial charge in [0.25, 0.3) is 15.9 Å². The lowest BCUT2D eigenvalue weighted by Gasteiger charge is -2.24. The van der Waals surface area contributed by atoms with E-state index in [0.717, 1.165) is 26.8 Å². The molecule has 0 radical (unpaired) electrons. The Morgan fingerprint density at radius 2 is 1.65 bits per heavy atom. The molecule has 8 nitrogen and oxygen atoms in total. The van der Waals surface area contributed by atoms with Gasteiger partial charge in [0.1, 0.15) is 6.54 Å². The molecule has 0 aliphatic rings. The van der Waals surface area contributed by atoms with Crippen LogP contribution in [0.5, 0.6) is 0 Å². The Bertz CT molecular complexity index is 1550. The number of halogens is 1. The molecule has 0 saturated carbocycles. The van der Waals surface area contributed by atoms with Gasteiger partial charge in [0.05, 0.1) is 33.7 Å². The summed E-state index contributed by atoms with van der Waals surface area (Å²) in [6.45, 7) is 5.19. The molecule has 37 heavy (non-hydrogen) atoms. The lowest BCUT2D eigenvalue weighted by Crippen LogP contribution is -2.39. The molecule has 1 amide bonds. The van der Waals surface area contributed by atoms with Crippen LogP contribution in [0.1, 0.15) is 22.4 Å². The molecule has 0 bridgehead atoms. The molecule has 0 fully saturated rings. The van der Waals surface area contributed by atoms with Crippen molar-refractivity contribution in [3.05, 3.63) is 106 Å². The fourth-order valence-corrected chi connectivity index (χ4v) is 5.39. The van der Waals surface area contributed by atoms with Crippen LogP contribution >= 0.6 is 11.6 Å². The van der Waals surface area contributed by atoms with Gasteiger partial charge in [-0.05, 0) is 68.3 Å². The van der Waals surface area contributed by atoms with E-state index in [1.54, 1.807) is 35.0 Å². The fraction of sp³-hybridized carbons (Fsp3) is 0.148. The molecule has 0 spiro atoms. The molecule has 0 atom stereocenters. The van der Waals surface area contributed by atoms with Crippen LogP contribution in [0.3, 0.4) is 0 Å². The van der Waals surface area contributed by atoms with Gasteiger partial charge >= 0.3 is 0 Å². The predicted molar refractivity (Wildman–Crippen MR) is 146 cm³/mol. The second-order valence-corrected chi connectivity index (χ2v) is 10.6. The maximum Gasteiger partial charge on any atom is 0.264 e. The first-order valence-electron chi connectivity index (χ1n) is 11.5. The largest absolute Gasteiger partial charge is 0.271 e. The van der Waals surface area contributed by atoms with Crippen molar-refractivity contribution in [2.24, 2.45) is 5.10 Å². The van der Waals surface area contributed by atoms with Crippen LogP contribution in [0.25, 0.3) is 5.69 Å². The molecule has 0 aliphatic carbocycles. The van der Waals surface area contributed by atoms with E-state index in [0.29, 0.717) is 11.3 Å². The van der Waals surface area contributed by atoms with Crippen molar-refractivity contribution in [2.75, 3.05) is 10.8 Å². The minimum Gasteiger partial charge on any atom is -0.271 e. The minimum absolute atomic E-state index is 0.0836. The second-order valence-electron chi connectivity index (χ2n) is 8.42. The number of nitrogens with one attached hydrogen (secondary N) is 1. The lowest BCUT2D eigenvalue weighted by molar-refractivity contribution is -0.119. The third-order valence-corrected chi connectivity index (χ3v) is 7.97. The number of benzene rings is 3. The Labute approximate surface area is 221 Å². The number of carbonyl (C=O) groups is 1. The first kappa shape index (κ1) is 26.1. The summed E-state index contributed by atoms with van der Waals surface area (Å²) in [6, 6.07) is 22.7. The van der Waals surface area contributed by atoms with Gasteiger partial charge in [-0.25, -0.2) is 18.5 Å². The number of amides is 1. The Balaban J connectivity index is 1.57. The van der Waals surface area contributed by atoms with E-state index >= 15 is 0 Å². The SMILES string of the molecule is Cc1ccc(N(CC(=O)N/N=C\c2c(Cl)nn(-c3ccccc3)c2C)S(=O)(=O)c2ccccc2)cc1C. The summed E-state index contributed by atoms with van der Waals surface area (Å²) in [4.78, 5) is 12.9. The van der Waals surface area contributed by atoms with Crippen LogP contribution in [0.15, 0.2) is 88.9 Å². The number of aryl methyl sites for hydroxylation is 2. The zero-order valence-corrected chi connectivity index (χ0v) is 22.2. The van der Waals surface area contributed by atoms with Gasteiger partial charge in [0, 0.05) is 0 Å². The molecule has 1 heterocycles. The summed E-state index contributed by atoms with van der Waals surface area (Å²) in [5.41, 5.74) is 6.82. The monoisotopic (exact) mass is 535 g/mol. The first-order chi connectivity index (χ1) is 17.7. The fourth-order valence-electron chi connectivity index (χ4n) is 3.70. The van der Waals surface area contributed by atoms with Gasteiger partial charge < -0.3 is 0 Å². The van der Waals surface area contributed by atoms with E-state index in [-0.39, 0.29) is 10.0 Å². The van der Waals surface area contributed by atoms with Crippen molar-refractivity contribution in [3.8, 4) is 5.69 Å². The molecular formula is C27H26ClN5O3S. The third-order valence-electron chi connectivity index (χ3n) is 5.90. The highest BCUT2D eigenvalue weighted by molar-refractivity contribution is 7.92. The average molecular weight is 536 g/mol. The summed E-state index contributed by atoms with van der Waals surface area (Å²) in [5.74, 6) is -0.613. The van der Waals surface area contributed by atoms with Gasteiger partial charge in [0.2, 0.25) is 0 Å². The highest BCUT2D eigenvalue weighted by atomic mass is 35.5. The number of hydrazone groups is 1. The van der Waals surface area contributed by atoms with Crippen molar-refractivity contribution in [1.82, 2.24) is 15.2 Å². The van der Waals surface area contributed by atoms with E-state index in [1.807, 2.05) is 57.2 Å². The van der Waals surface area contributed by atoms with Crippen LogP contribution < -0.4 is 9.73 Å². The molecule has 0 unspecified atom stereocenters. The normalized spacial score (nSPS) is 11.6. The van der Waals surface area contributed by atoms with Crippen molar-refractivity contribution < 1.29 is 13.2 Å². The highest BCUT2D eigenvalue weighted by Gasteiger charge is 2.27. The number of rotatable bonds is 8. The maximum absolute atomic E-state index is 13.5. The van der Waals surface area contributed by atoms with E-state index in [9.17, 15) is 13.2 Å². The average Bonchev–Trinajstić information content (AvgIpc) is 3.18. The molecule has 10 heteroatoms. The number of para-hydroxylation sites is 1. The van der Waals surface area contributed by atoms with Gasteiger partial charge in [-0.1, -0.05) is 54.1 Å². The molecule has 3 aromatic carbocycles. The Kier molecular flexibility index (Phi) is 7.75. The Morgan fingerprint density at radius 1 is 1.00 bits per heavy atom. The number of hydrogen-bond acceptors (Lipinski definition) is 5. The van der Waals surface area contributed by atoms with E-state index in [1.165, 1.54) is 18.3 Å². The zero-order valence-electron chi connectivity index (χ0n) is 20.6. The number of aromatic nitrogens is 2. The number of sulfonamides is 1. The van der Waals surface area contributed by atoms with E-state index < -0.39 is 22.5 Å². The molecule has 4 aromatic rings. The lowest BCUT2D eigenvalue weighted by atomic mass is 10.1. The standard InChI is InChI=1S/C27H26ClN5O3S/c1-19-14-15-23(16-20(19)2)32(37(35,36)24-12-8-5-9-13-24)18-26(34)30-29-17-25-21(3)33(31-27(25)28)22-10-6-4-7-11-22/h4-17H,18H2,1-3H3,(H,30,34)/b29-17-. The molecule has 1 N–H and O–H groups in total. The maximum atomic E-state index is 13.5. The van der Waals surface area contributed by atoms with Crippen molar-refractivity contribution in [2.45, 2.75) is 25.7 Å². The number of anilines is 1. The van der Waals surface area contributed by atoms with Gasteiger partial charge in [-0.3, -0.25) is 9.10 Å². The van der Waals surface area contributed by atoms with Crippen molar-refractivity contribution in [3.63, 3.8) is 0 Å². The van der Waals surface area contributed by atoms with Crippen molar-refractivity contribution >= 4 is 39.4 Å². The molecule has 0 aliphatic heterocycles. The molecule has 0 saturated heterocycles. The first-order valence-corrected chi connectivity index (χ1v) is 13.3. The topological polar surface area (TPSA) is 96.7 Å². The predicted octanol–water partition coefficient (Wildman–Crippen LogP) is 4.80. The molecular weight excluding hydrogens is 510 g/mol. The van der Waals surface area contributed by atoms with Gasteiger partial charge in [0.15, 0.2) is 5.15 Å². The second kappa shape index (κ2) is 11.0. The van der Waals surface area contributed by atoms with E-state index in [2.05, 4.69) is 15.6 Å². The van der Waals surface area contributed by atoms with Crippen molar-refractivity contribution in [1.29, 1.82) is 0 Å². The number of nitrogens with zero attached hydrogens (tertiary/aromatic N) is 4. The summed E-state index contributed by atoms with van der Waals surface area (Å²) < 4.78 is 29.7. The molecule has 4 rings (SSSR count). The highest BCUT2D eigenvalue weighted by Crippen LogP contribution is 2.26. The minimum atomic E-state index is -4.01. The Morgan fingerprint density at radius 3 is 2.30 bits per heavy atom. The summed E-state index contributed by atoms with van der Waals surface area (Å²) in [7, 11) is -4.01. The van der Waals surface area contributed by atoms with Crippen LogP contribution in [-0.4, -0.2) is 36.9 Å². The van der Waals surface area contributed by atoms with Crippen LogP contribution in [0.4, 0.5) is 5.69 Å². The van der Waals surface area contributed by atoms with Crippen LogP contribution in [0, 0.1) is 20.8 Å². The van der Waals surface area contributed by atoms with E-state index in [4.69, 9.17) is 11.6 Å². The zero-order chi connectivity index (χ0) is 26.6. The summed E-state index contributed by atoms with van der Waals surface area (Å²) in [6.07, 6.45) is 1.40. The number of carbonyl (C=O) groups excluding carboxylic acids is 1. The number of hydrogen-bond donors (Lipinski definition) is 1. The third kappa shape index (κ3) is 5.73. The summed E-state index contributed by atoms with van der Waals surface area (Å²) in [5, 5.41) is 8.58. The quantitative estimate of drug-likeness (QED) is 0.259. The molecule has 190 valence electrons. The summed E-state index contributed by atoms with van der Waals surface area (Å²) >= 11 is 6.31. The van der Waals surface area contributed by atoms with Crippen LogP contribution in [-0.2, 0) is 14.8 Å². The van der Waals surface area contributed by atoms with Crippen LogP contribution in [0.2, 0.25) is 5.15 Å².